The number of rotatable bonds is 9. The summed E-state index contributed by atoms with van der Waals surface area (Å²) in [4.78, 5) is 33.2. The molecule has 2 heterocycles. The van der Waals surface area contributed by atoms with E-state index in [2.05, 4.69) is 25.7 Å². The average Bonchev–Trinajstić information content (AvgIpc) is 2.91. The molecule has 8 nitrogen and oxygen atoms in total. The zero-order valence-corrected chi connectivity index (χ0v) is 20.0. The van der Waals surface area contributed by atoms with Crippen molar-refractivity contribution in [3.05, 3.63) is 99.5 Å². The zero-order valence-electron chi connectivity index (χ0n) is 20.0. The number of allylic oxidation sites excluding steroid dienone is 4. The molecule has 2 aromatic heterocycles. The van der Waals surface area contributed by atoms with Crippen LogP contribution in [-0.2, 0) is 6.54 Å². The molecule has 3 aromatic rings. The lowest BCUT2D eigenvalue weighted by Crippen LogP contribution is -2.26. The van der Waals surface area contributed by atoms with E-state index in [1.165, 1.54) is 29.2 Å². The van der Waals surface area contributed by atoms with Crippen LogP contribution in [0.4, 0.5) is 13.2 Å². The van der Waals surface area contributed by atoms with E-state index in [1.54, 1.807) is 24.3 Å². The van der Waals surface area contributed by atoms with Crippen LogP contribution in [0.2, 0.25) is 0 Å². The molecule has 192 valence electrons. The molecule has 1 aliphatic carbocycles. The van der Waals surface area contributed by atoms with Gasteiger partial charge in [-0.15, -0.1) is 0 Å². The number of aromatic nitrogens is 4. The van der Waals surface area contributed by atoms with Crippen LogP contribution in [0.15, 0.2) is 77.1 Å². The van der Waals surface area contributed by atoms with Crippen molar-refractivity contribution in [3.63, 3.8) is 0 Å². The van der Waals surface area contributed by atoms with Crippen molar-refractivity contribution in [3.8, 4) is 11.4 Å². The topological polar surface area (TPSA) is 102 Å². The van der Waals surface area contributed by atoms with Gasteiger partial charge in [-0.2, -0.15) is 5.10 Å². The molecule has 1 aromatic carbocycles. The van der Waals surface area contributed by atoms with Gasteiger partial charge in [0.15, 0.2) is 17.5 Å². The van der Waals surface area contributed by atoms with E-state index in [0.717, 1.165) is 19.0 Å². The zero-order chi connectivity index (χ0) is 26.4. The summed E-state index contributed by atoms with van der Waals surface area (Å²) in [7, 11) is 1.84. The normalized spacial score (nSPS) is 15.5. The van der Waals surface area contributed by atoms with Crippen LogP contribution in [0.3, 0.4) is 0 Å². The molecule has 1 atom stereocenters. The summed E-state index contributed by atoms with van der Waals surface area (Å²) in [6.07, 6.45) is 4.28. The number of nitrogens with one attached hydrogen (secondary N) is 2. The monoisotopic (exact) mass is 510 g/mol. The molecule has 1 aliphatic rings. The Balaban J connectivity index is 1.48. The fourth-order valence-electron chi connectivity index (χ4n) is 3.83. The lowest BCUT2D eigenvalue weighted by atomic mass is 9.95. The van der Waals surface area contributed by atoms with Gasteiger partial charge in [-0.1, -0.05) is 18.2 Å². The SMILES string of the molecule is CNCCCNC(=O)c1cnc(-c2cccc(Cn3nc(C4C=C(F)C(F)=C(F)C4)ccc3=O)c2)nc1. The molecule has 0 aliphatic heterocycles. The van der Waals surface area contributed by atoms with Crippen LogP contribution >= 0.6 is 0 Å². The summed E-state index contributed by atoms with van der Waals surface area (Å²) < 4.78 is 42.0. The van der Waals surface area contributed by atoms with Gasteiger partial charge in [-0.05, 0) is 43.8 Å². The highest BCUT2D eigenvalue weighted by atomic mass is 19.2. The van der Waals surface area contributed by atoms with E-state index in [1.807, 2.05) is 7.05 Å². The number of hydrogen-bond donors (Lipinski definition) is 2. The summed E-state index contributed by atoms with van der Waals surface area (Å²) in [5.41, 5.74) is 1.57. The molecule has 1 amide bonds. The van der Waals surface area contributed by atoms with Crippen molar-refractivity contribution in [2.45, 2.75) is 25.3 Å². The van der Waals surface area contributed by atoms with Crippen LogP contribution in [-0.4, -0.2) is 45.8 Å². The van der Waals surface area contributed by atoms with E-state index >= 15 is 0 Å². The Morgan fingerprint density at radius 1 is 1.11 bits per heavy atom. The van der Waals surface area contributed by atoms with E-state index in [0.29, 0.717) is 29.1 Å². The maximum absolute atomic E-state index is 13.7. The van der Waals surface area contributed by atoms with Crippen molar-refractivity contribution in [2.75, 3.05) is 20.1 Å². The maximum Gasteiger partial charge on any atom is 0.267 e. The second-order valence-corrected chi connectivity index (χ2v) is 8.51. The molecule has 0 saturated carbocycles. The Kier molecular flexibility index (Phi) is 8.24. The first kappa shape index (κ1) is 26.0. The lowest BCUT2D eigenvalue weighted by molar-refractivity contribution is 0.0952. The van der Waals surface area contributed by atoms with Gasteiger partial charge in [0.2, 0.25) is 0 Å². The second-order valence-electron chi connectivity index (χ2n) is 8.51. The van der Waals surface area contributed by atoms with E-state index in [4.69, 9.17) is 0 Å². The smallest absolute Gasteiger partial charge is 0.267 e. The van der Waals surface area contributed by atoms with Crippen LogP contribution in [0.1, 0.15) is 40.4 Å². The molecule has 37 heavy (non-hydrogen) atoms. The summed E-state index contributed by atoms with van der Waals surface area (Å²) in [6.45, 7) is 1.41. The highest BCUT2D eigenvalue weighted by molar-refractivity contribution is 5.93. The summed E-state index contributed by atoms with van der Waals surface area (Å²) >= 11 is 0. The molecule has 0 fully saturated rings. The molecular formula is C26H25F3N6O2. The van der Waals surface area contributed by atoms with Crippen molar-refractivity contribution < 1.29 is 18.0 Å². The van der Waals surface area contributed by atoms with Crippen molar-refractivity contribution in [2.24, 2.45) is 0 Å². The number of benzene rings is 1. The van der Waals surface area contributed by atoms with Crippen LogP contribution in [0, 0.1) is 0 Å². The summed E-state index contributed by atoms with van der Waals surface area (Å²) in [5, 5.41) is 10.1. The fraction of sp³-hybridized carbons (Fsp3) is 0.269. The van der Waals surface area contributed by atoms with Crippen molar-refractivity contribution in [1.82, 2.24) is 30.4 Å². The molecule has 0 radical (unpaired) electrons. The maximum atomic E-state index is 13.7. The first-order valence-corrected chi connectivity index (χ1v) is 11.7. The Hall–Kier alpha value is -4.12. The standard InChI is InChI=1S/C26H25F3N6O2/c1-30-8-3-9-31-26(37)19-13-32-25(33-14-19)17-5-2-4-16(10-17)15-35-23(36)7-6-22(34-35)18-11-20(27)24(29)21(28)12-18/h2,4-7,10-11,13-14,18,30H,3,8-9,12,15H2,1H3,(H,31,37). The van der Waals surface area contributed by atoms with Crippen molar-refractivity contribution in [1.29, 1.82) is 0 Å². The minimum Gasteiger partial charge on any atom is -0.352 e. The molecular weight excluding hydrogens is 485 g/mol. The van der Waals surface area contributed by atoms with Crippen LogP contribution < -0.4 is 16.2 Å². The number of nitrogens with zero attached hydrogens (tertiary/aromatic N) is 4. The third kappa shape index (κ3) is 6.36. The summed E-state index contributed by atoms with van der Waals surface area (Å²) in [6, 6.07) is 9.78. The Morgan fingerprint density at radius 3 is 2.62 bits per heavy atom. The first-order valence-electron chi connectivity index (χ1n) is 11.7. The van der Waals surface area contributed by atoms with Gasteiger partial charge < -0.3 is 10.6 Å². The van der Waals surface area contributed by atoms with Gasteiger partial charge in [0.05, 0.1) is 17.8 Å². The van der Waals surface area contributed by atoms with Gasteiger partial charge in [0.1, 0.15) is 5.83 Å². The first-order chi connectivity index (χ1) is 17.9. The number of hydrogen-bond acceptors (Lipinski definition) is 6. The van der Waals surface area contributed by atoms with Crippen molar-refractivity contribution >= 4 is 5.91 Å². The van der Waals surface area contributed by atoms with E-state index in [-0.39, 0.29) is 24.6 Å². The molecule has 0 saturated heterocycles. The molecule has 4 rings (SSSR count). The highest BCUT2D eigenvalue weighted by Gasteiger charge is 2.25. The predicted molar refractivity (Wildman–Crippen MR) is 132 cm³/mol. The Bertz CT molecular complexity index is 1400. The largest absolute Gasteiger partial charge is 0.352 e. The number of amides is 1. The molecule has 1 unspecified atom stereocenters. The van der Waals surface area contributed by atoms with Gasteiger partial charge in [0.25, 0.3) is 11.5 Å². The molecule has 2 N–H and O–H groups in total. The second kappa shape index (κ2) is 11.7. The Morgan fingerprint density at radius 2 is 1.89 bits per heavy atom. The number of carbonyl (C=O) groups excluding carboxylic acids is 1. The molecule has 0 spiro atoms. The lowest BCUT2D eigenvalue weighted by Gasteiger charge is -2.17. The summed E-state index contributed by atoms with van der Waals surface area (Å²) in [5.74, 6) is -4.65. The van der Waals surface area contributed by atoms with Gasteiger partial charge in [-0.3, -0.25) is 9.59 Å². The Labute approximate surface area is 211 Å². The quantitative estimate of drug-likeness (QED) is 0.427. The third-order valence-corrected chi connectivity index (χ3v) is 5.78. The van der Waals surface area contributed by atoms with Gasteiger partial charge in [0, 0.05) is 42.9 Å². The minimum atomic E-state index is -1.50. The molecule has 0 bridgehead atoms. The van der Waals surface area contributed by atoms with Gasteiger partial charge >= 0.3 is 0 Å². The minimum absolute atomic E-state index is 0.0826. The highest BCUT2D eigenvalue weighted by Crippen LogP contribution is 2.35. The number of carbonyl (C=O) groups is 1. The molecule has 11 heteroatoms. The third-order valence-electron chi connectivity index (χ3n) is 5.78. The fourth-order valence-corrected chi connectivity index (χ4v) is 3.83. The number of halogens is 3. The van der Waals surface area contributed by atoms with Crippen LogP contribution in [0.5, 0.6) is 0 Å². The van der Waals surface area contributed by atoms with E-state index in [9.17, 15) is 22.8 Å². The van der Waals surface area contributed by atoms with Gasteiger partial charge in [-0.25, -0.2) is 27.8 Å². The average molecular weight is 511 g/mol. The predicted octanol–water partition coefficient (Wildman–Crippen LogP) is 3.58. The van der Waals surface area contributed by atoms with Crippen LogP contribution in [0.25, 0.3) is 11.4 Å². The van der Waals surface area contributed by atoms with E-state index < -0.39 is 29.0 Å².